The Labute approximate surface area is 124 Å². The van der Waals surface area contributed by atoms with Crippen LogP contribution in [0.25, 0.3) is 10.9 Å². The quantitative estimate of drug-likeness (QED) is 0.689. The molecular formula is C16H22N3O2+. The molecule has 5 heteroatoms. The van der Waals surface area contributed by atoms with Crippen LogP contribution in [0.4, 0.5) is 0 Å². The van der Waals surface area contributed by atoms with E-state index in [2.05, 4.69) is 10.3 Å². The van der Waals surface area contributed by atoms with Crippen molar-refractivity contribution in [2.45, 2.75) is 6.42 Å². The fraction of sp³-hybridized carbons (Fsp3) is 0.438. The van der Waals surface area contributed by atoms with Crippen LogP contribution in [-0.2, 0) is 4.74 Å². The van der Waals surface area contributed by atoms with E-state index in [1.165, 1.54) is 0 Å². The molecule has 1 amide bonds. The molecule has 5 nitrogen and oxygen atoms in total. The zero-order chi connectivity index (χ0) is 14.5. The van der Waals surface area contributed by atoms with Gasteiger partial charge in [-0.1, -0.05) is 18.2 Å². The molecule has 1 aliphatic heterocycles. The second-order valence-corrected chi connectivity index (χ2v) is 5.49. The Balaban J connectivity index is 1.45. The number of carbonyl (C=O) groups excluding carboxylic acids is 1. The lowest BCUT2D eigenvalue weighted by Gasteiger charge is -2.23. The van der Waals surface area contributed by atoms with E-state index >= 15 is 0 Å². The summed E-state index contributed by atoms with van der Waals surface area (Å²) in [6.45, 7) is 5.69. The van der Waals surface area contributed by atoms with Crippen LogP contribution in [0.3, 0.4) is 0 Å². The van der Waals surface area contributed by atoms with Crippen LogP contribution >= 0.6 is 0 Å². The third kappa shape index (κ3) is 3.62. The summed E-state index contributed by atoms with van der Waals surface area (Å²) in [5, 5.41) is 4.05. The molecule has 0 unspecified atom stereocenters. The number of H-pyrrole nitrogens is 1. The molecule has 2 heterocycles. The average molecular weight is 288 g/mol. The van der Waals surface area contributed by atoms with Gasteiger partial charge < -0.3 is 19.9 Å². The summed E-state index contributed by atoms with van der Waals surface area (Å²) in [5.74, 6) is -0.0248. The van der Waals surface area contributed by atoms with Crippen molar-refractivity contribution in [2.75, 3.05) is 39.4 Å². The maximum absolute atomic E-state index is 12.1. The van der Waals surface area contributed by atoms with Crippen molar-refractivity contribution in [3.63, 3.8) is 0 Å². The minimum absolute atomic E-state index is 0.0248. The molecule has 1 saturated heterocycles. The van der Waals surface area contributed by atoms with Gasteiger partial charge >= 0.3 is 0 Å². The molecule has 3 N–H and O–H groups in total. The largest absolute Gasteiger partial charge is 0.370 e. The number of amides is 1. The fourth-order valence-electron chi connectivity index (χ4n) is 2.74. The van der Waals surface area contributed by atoms with Gasteiger partial charge in [0.05, 0.1) is 19.8 Å². The minimum Gasteiger partial charge on any atom is -0.370 e. The molecule has 1 aromatic carbocycles. The first kappa shape index (κ1) is 14.1. The van der Waals surface area contributed by atoms with Crippen molar-refractivity contribution in [2.24, 2.45) is 0 Å². The topological polar surface area (TPSA) is 58.6 Å². The lowest BCUT2D eigenvalue weighted by atomic mass is 10.2. The number of hydrogen-bond acceptors (Lipinski definition) is 2. The molecule has 0 atom stereocenters. The highest BCUT2D eigenvalue weighted by Crippen LogP contribution is 2.14. The second-order valence-electron chi connectivity index (χ2n) is 5.49. The molecule has 0 radical (unpaired) electrons. The molecule has 3 rings (SSSR count). The third-order valence-electron chi connectivity index (χ3n) is 3.97. The zero-order valence-corrected chi connectivity index (χ0v) is 12.2. The van der Waals surface area contributed by atoms with Crippen molar-refractivity contribution < 1.29 is 14.4 Å². The van der Waals surface area contributed by atoms with Gasteiger partial charge in [-0.3, -0.25) is 4.79 Å². The highest BCUT2D eigenvalue weighted by atomic mass is 16.5. The molecule has 1 fully saturated rings. The standard InChI is InChI=1S/C16H21N3O2/c20-16(15-12-13-4-1-2-5-14(13)18-15)17-6-3-7-19-8-10-21-11-9-19/h1-2,4-5,12,18H,3,6-11H2,(H,17,20)/p+1. The van der Waals surface area contributed by atoms with E-state index in [-0.39, 0.29) is 5.91 Å². The molecule has 21 heavy (non-hydrogen) atoms. The van der Waals surface area contributed by atoms with Gasteiger partial charge in [0.15, 0.2) is 0 Å². The molecule has 0 aliphatic carbocycles. The Bertz CT molecular complexity index is 569. The highest BCUT2D eigenvalue weighted by Gasteiger charge is 2.13. The average Bonchev–Trinajstić information content (AvgIpc) is 2.96. The number of quaternary nitrogens is 1. The smallest absolute Gasteiger partial charge is 0.267 e. The van der Waals surface area contributed by atoms with Crippen LogP contribution in [0.5, 0.6) is 0 Å². The van der Waals surface area contributed by atoms with E-state index in [1.54, 1.807) is 4.90 Å². The maximum atomic E-state index is 12.1. The van der Waals surface area contributed by atoms with Crippen LogP contribution in [-0.4, -0.2) is 50.3 Å². The van der Waals surface area contributed by atoms with Gasteiger partial charge in [-0.15, -0.1) is 0 Å². The second kappa shape index (κ2) is 6.74. The monoisotopic (exact) mass is 288 g/mol. The van der Waals surface area contributed by atoms with Crippen molar-refractivity contribution >= 4 is 16.8 Å². The van der Waals surface area contributed by atoms with Gasteiger partial charge in [0.25, 0.3) is 5.91 Å². The summed E-state index contributed by atoms with van der Waals surface area (Å²) in [6, 6.07) is 9.82. The van der Waals surface area contributed by atoms with Gasteiger partial charge in [-0.25, -0.2) is 0 Å². The first-order valence-electron chi connectivity index (χ1n) is 7.60. The number of morpholine rings is 1. The van der Waals surface area contributed by atoms with Gasteiger partial charge in [0.1, 0.15) is 18.8 Å². The summed E-state index contributed by atoms with van der Waals surface area (Å²) >= 11 is 0. The Morgan fingerprint density at radius 2 is 2.10 bits per heavy atom. The Morgan fingerprint density at radius 1 is 1.29 bits per heavy atom. The van der Waals surface area contributed by atoms with E-state index in [9.17, 15) is 4.79 Å². The lowest BCUT2D eigenvalue weighted by Crippen LogP contribution is -3.14. The molecule has 112 valence electrons. The number of benzene rings is 1. The van der Waals surface area contributed by atoms with Gasteiger partial charge in [0, 0.05) is 23.9 Å². The molecule has 2 aromatic rings. The SMILES string of the molecule is O=C(NCCC[NH+]1CCOCC1)c1cc2ccccc2[nH]1. The number of fused-ring (bicyclic) bond motifs is 1. The van der Waals surface area contributed by atoms with Crippen LogP contribution < -0.4 is 10.2 Å². The molecular weight excluding hydrogens is 266 g/mol. The molecule has 0 saturated carbocycles. The summed E-state index contributed by atoms with van der Waals surface area (Å²) in [6.07, 6.45) is 1.00. The number of ether oxygens (including phenoxy) is 1. The van der Waals surface area contributed by atoms with Crippen LogP contribution in [0.15, 0.2) is 30.3 Å². The Morgan fingerprint density at radius 3 is 2.90 bits per heavy atom. The van der Waals surface area contributed by atoms with Crippen molar-refractivity contribution in [1.82, 2.24) is 10.3 Å². The maximum Gasteiger partial charge on any atom is 0.267 e. The van der Waals surface area contributed by atoms with Gasteiger partial charge in [-0.2, -0.15) is 0 Å². The van der Waals surface area contributed by atoms with Crippen LogP contribution in [0.2, 0.25) is 0 Å². The Hall–Kier alpha value is -1.85. The zero-order valence-electron chi connectivity index (χ0n) is 12.2. The number of aromatic nitrogens is 1. The number of rotatable bonds is 5. The summed E-state index contributed by atoms with van der Waals surface area (Å²) in [4.78, 5) is 16.8. The highest BCUT2D eigenvalue weighted by molar-refractivity contribution is 5.97. The summed E-state index contributed by atoms with van der Waals surface area (Å²) in [7, 11) is 0. The molecule has 0 bridgehead atoms. The number of carbonyl (C=O) groups is 1. The van der Waals surface area contributed by atoms with E-state index < -0.39 is 0 Å². The third-order valence-corrected chi connectivity index (χ3v) is 3.97. The number of nitrogens with one attached hydrogen (secondary N) is 3. The van der Waals surface area contributed by atoms with E-state index in [4.69, 9.17) is 4.74 Å². The van der Waals surface area contributed by atoms with Crippen molar-refractivity contribution in [3.8, 4) is 0 Å². The molecule has 1 aliphatic rings. The minimum atomic E-state index is -0.0248. The normalized spacial score (nSPS) is 16.2. The van der Waals surface area contributed by atoms with Gasteiger partial charge in [0.2, 0.25) is 0 Å². The molecule has 1 aromatic heterocycles. The Kier molecular flexibility index (Phi) is 4.52. The lowest BCUT2D eigenvalue weighted by molar-refractivity contribution is -0.908. The van der Waals surface area contributed by atoms with E-state index in [0.29, 0.717) is 5.69 Å². The number of para-hydroxylation sites is 1. The predicted octanol–water partition coefficient (Wildman–Crippen LogP) is 0.203. The fourth-order valence-corrected chi connectivity index (χ4v) is 2.74. The first-order chi connectivity index (χ1) is 10.3. The van der Waals surface area contributed by atoms with Crippen molar-refractivity contribution in [1.29, 1.82) is 0 Å². The predicted molar refractivity (Wildman–Crippen MR) is 81.6 cm³/mol. The number of hydrogen-bond donors (Lipinski definition) is 3. The summed E-state index contributed by atoms with van der Waals surface area (Å²) in [5.41, 5.74) is 1.63. The summed E-state index contributed by atoms with van der Waals surface area (Å²) < 4.78 is 5.34. The van der Waals surface area contributed by atoms with Gasteiger partial charge in [-0.05, 0) is 12.1 Å². The first-order valence-corrected chi connectivity index (χ1v) is 7.60. The van der Waals surface area contributed by atoms with Crippen LogP contribution in [0.1, 0.15) is 16.9 Å². The molecule has 0 spiro atoms. The van der Waals surface area contributed by atoms with E-state index in [0.717, 1.165) is 56.7 Å². The van der Waals surface area contributed by atoms with Crippen LogP contribution in [0, 0.1) is 0 Å². The van der Waals surface area contributed by atoms with Crippen molar-refractivity contribution in [3.05, 3.63) is 36.0 Å². The van der Waals surface area contributed by atoms with E-state index in [1.807, 2.05) is 30.3 Å². The number of aromatic amines is 1.